The Labute approximate surface area is 75.7 Å². The summed E-state index contributed by atoms with van der Waals surface area (Å²) in [7, 11) is 0. The fourth-order valence-corrected chi connectivity index (χ4v) is 1.43. The lowest BCUT2D eigenvalue weighted by atomic mass is 9.97. The van der Waals surface area contributed by atoms with Crippen LogP contribution in [0.2, 0.25) is 0 Å². The van der Waals surface area contributed by atoms with Crippen molar-refractivity contribution in [1.82, 2.24) is 5.32 Å². The van der Waals surface area contributed by atoms with Gasteiger partial charge in [0.2, 0.25) is 0 Å². The van der Waals surface area contributed by atoms with E-state index in [9.17, 15) is 0 Å². The summed E-state index contributed by atoms with van der Waals surface area (Å²) in [4.78, 5) is 0. The second-order valence-corrected chi connectivity index (χ2v) is 4.71. The third-order valence-electron chi connectivity index (χ3n) is 2.59. The van der Waals surface area contributed by atoms with E-state index in [1.165, 1.54) is 0 Å². The summed E-state index contributed by atoms with van der Waals surface area (Å²) in [6.45, 7) is 11.8. The molecular weight excluding hydrogens is 150 g/mol. The SMILES string of the molecule is CC(C)C1CNCC(C)(C)OC1. The molecule has 12 heavy (non-hydrogen) atoms. The van der Waals surface area contributed by atoms with Crippen LogP contribution in [-0.2, 0) is 4.74 Å². The Morgan fingerprint density at radius 2 is 2.08 bits per heavy atom. The smallest absolute Gasteiger partial charge is 0.0750 e. The first-order valence-electron chi connectivity index (χ1n) is 4.86. The van der Waals surface area contributed by atoms with Gasteiger partial charge in [0, 0.05) is 13.1 Å². The van der Waals surface area contributed by atoms with E-state index in [0.717, 1.165) is 19.7 Å². The lowest BCUT2D eigenvalue weighted by Gasteiger charge is -2.23. The van der Waals surface area contributed by atoms with Gasteiger partial charge in [0.05, 0.1) is 12.2 Å². The summed E-state index contributed by atoms with van der Waals surface area (Å²) in [5.74, 6) is 1.39. The van der Waals surface area contributed by atoms with Crippen LogP contribution in [-0.4, -0.2) is 25.3 Å². The molecule has 72 valence electrons. The van der Waals surface area contributed by atoms with Crippen molar-refractivity contribution in [2.24, 2.45) is 11.8 Å². The third-order valence-corrected chi connectivity index (χ3v) is 2.59. The molecule has 0 aliphatic carbocycles. The average molecular weight is 171 g/mol. The highest BCUT2D eigenvalue weighted by atomic mass is 16.5. The van der Waals surface area contributed by atoms with Crippen LogP contribution in [0.25, 0.3) is 0 Å². The van der Waals surface area contributed by atoms with Crippen molar-refractivity contribution in [3.63, 3.8) is 0 Å². The van der Waals surface area contributed by atoms with Crippen molar-refractivity contribution in [1.29, 1.82) is 0 Å². The van der Waals surface area contributed by atoms with Crippen molar-refractivity contribution >= 4 is 0 Å². The van der Waals surface area contributed by atoms with E-state index in [1.54, 1.807) is 0 Å². The molecule has 0 spiro atoms. The molecule has 1 saturated heterocycles. The average Bonchev–Trinajstić information content (AvgIpc) is 2.10. The molecule has 0 amide bonds. The fourth-order valence-electron chi connectivity index (χ4n) is 1.43. The Kier molecular flexibility index (Phi) is 3.13. The molecule has 1 N–H and O–H groups in total. The van der Waals surface area contributed by atoms with E-state index in [0.29, 0.717) is 11.8 Å². The third kappa shape index (κ3) is 2.76. The van der Waals surface area contributed by atoms with Crippen molar-refractivity contribution in [2.75, 3.05) is 19.7 Å². The van der Waals surface area contributed by atoms with Crippen molar-refractivity contribution in [3.8, 4) is 0 Å². The van der Waals surface area contributed by atoms with Gasteiger partial charge < -0.3 is 10.1 Å². The number of nitrogens with one attached hydrogen (secondary N) is 1. The van der Waals surface area contributed by atoms with Crippen molar-refractivity contribution < 1.29 is 4.74 Å². The van der Waals surface area contributed by atoms with E-state index < -0.39 is 0 Å². The zero-order chi connectivity index (χ0) is 9.19. The van der Waals surface area contributed by atoms with Crippen LogP contribution < -0.4 is 5.32 Å². The first-order valence-corrected chi connectivity index (χ1v) is 4.86. The molecule has 0 aromatic carbocycles. The standard InChI is InChI=1S/C10H21NO/c1-8(2)9-5-11-7-10(3,4)12-6-9/h8-9,11H,5-7H2,1-4H3. The maximum absolute atomic E-state index is 5.80. The minimum atomic E-state index is 0.0175. The molecule has 0 bridgehead atoms. The predicted molar refractivity (Wildman–Crippen MR) is 51.2 cm³/mol. The highest BCUT2D eigenvalue weighted by Crippen LogP contribution is 2.18. The Bertz CT molecular complexity index is 143. The molecule has 0 aromatic rings. The Balaban J connectivity index is 2.45. The molecule has 1 aliphatic heterocycles. The Hall–Kier alpha value is -0.0800. The van der Waals surface area contributed by atoms with E-state index >= 15 is 0 Å². The van der Waals surface area contributed by atoms with Gasteiger partial charge in [-0.15, -0.1) is 0 Å². The van der Waals surface area contributed by atoms with Gasteiger partial charge in [-0.05, 0) is 25.7 Å². The van der Waals surface area contributed by atoms with Crippen LogP contribution >= 0.6 is 0 Å². The lowest BCUT2D eigenvalue weighted by Crippen LogP contribution is -2.34. The zero-order valence-electron chi connectivity index (χ0n) is 8.68. The minimum absolute atomic E-state index is 0.0175. The molecule has 1 rings (SSSR count). The van der Waals surface area contributed by atoms with E-state index in [4.69, 9.17) is 4.74 Å². The molecule has 1 unspecified atom stereocenters. The van der Waals surface area contributed by atoms with Crippen LogP contribution in [0, 0.1) is 11.8 Å². The van der Waals surface area contributed by atoms with E-state index in [2.05, 4.69) is 33.0 Å². The van der Waals surface area contributed by atoms with E-state index in [-0.39, 0.29) is 5.60 Å². The summed E-state index contributed by atoms with van der Waals surface area (Å²) in [6, 6.07) is 0. The normalized spacial score (nSPS) is 30.2. The molecule has 0 aromatic heterocycles. The highest BCUT2D eigenvalue weighted by molar-refractivity contribution is 4.78. The second-order valence-electron chi connectivity index (χ2n) is 4.71. The summed E-state index contributed by atoms with van der Waals surface area (Å²) in [5.41, 5.74) is 0.0175. The predicted octanol–water partition coefficient (Wildman–Crippen LogP) is 1.66. The van der Waals surface area contributed by atoms with Crippen LogP contribution in [0.5, 0.6) is 0 Å². The van der Waals surface area contributed by atoms with Crippen LogP contribution in [0.1, 0.15) is 27.7 Å². The number of hydrogen-bond donors (Lipinski definition) is 1. The summed E-state index contributed by atoms with van der Waals surface area (Å²) < 4.78 is 5.80. The number of hydrogen-bond acceptors (Lipinski definition) is 2. The topological polar surface area (TPSA) is 21.3 Å². The van der Waals surface area contributed by atoms with Gasteiger partial charge in [-0.2, -0.15) is 0 Å². The zero-order valence-corrected chi connectivity index (χ0v) is 8.68. The second kappa shape index (κ2) is 3.75. The molecule has 1 atom stereocenters. The quantitative estimate of drug-likeness (QED) is 0.648. The van der Waals surface area contributed by atoms with E-state index in [1.807, 2.05) is 0 Å². The molecule has 2 heteroatoms. The molecule has 1 heterocycles. The van der Waals surface area contributed by atoms with Gasteiger partial charge in [-0.25, -0.2) is 0 Å². The van der Waals surface area contributed by atoms with Crippen molar-refractivity contribution in [3.05, 3.63) is 0 Å². The fraction of sp³-hybridized carbons (Fsp3) is 1.00. The Morgan fingerprint density at radius 3 is 2.67 bits per heavy atom. The molecule has 2 nitrogen and oxygen atoms in total. The van der Waals surface area contributed by atoms with Crippen LogP contribution in [0.4, 0.5) is 0 Å². The monoisotopic (exact) mass is 171 g/mol. The first-order chi connectivity index (χ1) is 5.51. The Morgan fingerprint density at radius 1 is 1.42 bits per heavy atom. The number of ether oxygens (including phenoxy) is 1. The molecular formula is C10H21NO. The van der Waals surface area contributed by atoms with Gasteiger partial charge in [0.1, 0.15) is 0 Å². The van der Waals surface area contributed by atoms with Gasteiger partial charge in [0.25, 0.3) is 0 Å². The van der Waals surface area contributed by atoms with Crippen LogP contribution in [0.15, 0.2) is 0 Å². The lowest BCUT2D eigenvalue weighted by molar-refractivity contribution is -0.0220. The molecule has 1 fully saturated rings. The minimum Gasteiger partial charge on any atom is -0.374 e. The van der Waals surface area contributed by atoms with Crippen LogP contribution in [0.3, 0.4) is 0 Å². The van der Waals surface area contributed by atoms with Gasteiger partial charge >= 0.3 is 0 Å². The van der Waals surface area contributed by atoms with Crippen molar-refractivity contribution in [2.45, 2.75) is 33.3 Å². The van der Waals surface area contributed by atoms with Gasteiger partial charge in [0.15, 0.2) is 0 Å². The summed E-state index contributed by atoms with van der Waals surface area (Å²) in [6.07, 6.45) is 0. The highest BCUT2D eigenvalue weighted by Gasteiger charge is 2.25. The summed E-state index contributed by atoms with van der Waals surface area (Å²) >= 11 is 0. The largest absolute Gasteiger partial charge is 0.374 e. The molecule has 1 aliphatic rings. The van der Waals surface area contributed by atoms with Gasteiger partial charge in [-0.1, -0.05) is 13.8 Å². The molecule has 0 radical (unpaired) electrons. The maximum atomic E-state index is 5.80. The maximum Gasteiger partial charge on any atom is 0.0750 e. The first kappa shape index (κ1) is 10.0. The van der Waals surface area contributed by atoms with Gasteiger partial charge in [-0.3, -0.25) is 0 Å². The number of rotatable bonds is 1. The molecule has 0 saturated carbocycles. The summed E-state index contributed by atoms with van der Waals surface area (Å²) in [5, 5.41) is 3.44.